The molecule has 0 aromatic rings. The lowest BCUT2D eigenvalue weighted by Gasteiger charge is -2.49. The lowest BCUT2D eigenvalue weighted by molar-refractivity contribution is -0.337. The van der Waals surface area contributed by atoms with Crippen molar-refractivity contribution in [2.75, 3.05) is 13.2 Å². The van der Waals surface area contributed by atoms with E-state index in [9.17, 15) is 9.90 Å². The monoisotopic (exact) mass is 395 g/mol. The lowest BCUT2D eigenvalue weighted by atomic mass is 9.84. The van der Waals surface area contributed by atoms with Gasteiger partial charge < -0.3 is 25.0 Å². The van der Waals surface area contributed by atoms with Gasteiger partial charge in [-0.15, -0.1) is 0 Å². The molecule has 3 aliphatic rings. The van der Waals surface area contributed by atoms with E-state index in [1.807, 2.05) is 12.2 Å². The molecule has 2 bridgehead atoms. The summed E-state index contributed by atoms with van der Waals surface area (Å²) >= 11 is 0. The number of carbonyl (C=O) groups excluding carboxylic acids is 1. The molecule has 28 heavy (non-hydrogen) atoms. The van der Waals surface area contributed by atoms with Crippen LogP contribution in [0.2, 0.25) is 0 Å². The summed E-state index contributed by atoms with van der Waals surface area (Å²) in [5, 5.41) is 21.4. The number of rotatable bonds is 14. The second-order valence-electron chi connectivity index (χ2n) is 7.73. The Labute approximate surface area is 169 Å². The maximum atomic E-state index is 11.5. The SMILES string of the molecule is CCCCC[C@H](O)/C=C/[C@H]1O[C@@H]2C[C@@H](O2)[C@@H]1C/C=C\CCCC(=O)NCCO. The Kier molecular flexibility index (Phi) is 10.8. The molecule has 6 nitrogen and oxygen atoms in total. The Morgan fingerprint density at radius 1 is 1.25 bits per heavy atom. The third-order valence-electron chi connectivity index (χ3n) is 5.37. The van der Waals surface area contributed by atoms with Crippen LogP contribution in [0.4, 0.5) is 0 Å². The molecule has 1 amide bonds. The van der Waals surface area contributed by atoms with Crippen molar-refractivity contribution in [3.8, 4) is 0 Å². The van der Waals surface area contributed by atoms with E-state index >= 15 is 0 Å². The van der Waals surface area contributed by atoms with Crippen LogP contribution in [0.3, 0.4) is 0 Å². The molecule has 3 rings (SSSR count). The fourth-order valence-corrected chi connectivity index (χ4v) is 3.67. The fraction of sp³-hybridized carbons (Fsp3) is 0.773. The standard InChI is InChI=1S/C22H37NO5/c1-2-3-6-9-17(25)12-13-19-18(20-16-22(27-19)28-20)10-7-4-5-8-11-21(26)23-14-15-24/h4,7,12-13,17-20,22,24-25H,2-3,5-6,8-11,14-16H2,1H3,(H,23,26)/b7-4-,13-12+/t17-,18+,19+,20+,22-/m0/s1. The third kappa shape index (κ3) is 8.03. The average molecular weight is 396 g/mol. The molecular weight excluding hydrogens is 358 g/mol. The highest BCUT2D eigenvalue weighted by Crippen LogP contribution is 2.40. The number of amides is 1. The van der Waals surface area contributed by atoms with Crippen molar-refractivity contribution in [3.05, 3.63) is 24.3 Å². The molecule has 0 radical (unpaired) electrons. The summed E-state index contributed by atoms with van der Waals surface area (Å²) < 4.78 is 11.7. The van der Waals surface area contributed by atoms with Crippen LogP contribution in [0.25, 0.3) is 0 Å². The minimum atomic E-state index is -0.400. The molecule has 3 heterocycles. The number of carbonyl (C=O) groups is 1. The van der Waals surface area contributed by atoms with Crippen LogP contribution in [0.1, 0.15) is 64.7 Å². The van der Waals surface area contributed by atoms with Gasteiger partial charge in [-0.1, -0.05) is 50.5 Å². The number of aliphatic hydroxyl groups is 2. The number of hydrogen-bond donors (Lipinski definition) is 3. The summed E-state index contributed by atoms with van der Waals surface area (Å²) in [5.41, 5.74) is 0. The van der Waals surface area contributed by atoms with Gasteiger partial charge in [0.25, 0.3) is 0 Å². The summed E-state index contributed by atoms with van der Waals surface area (Å²) in [5.74, 6) is 0.257. The highest BCUT2D eigenvalue weighted by molar-refractivity contribution is 5.75. The number of allylic oxidation sites excluding steroid dienone is 2. The van der Waals surface area contributed by atoms with Crippen molar-refractivity contribution in [2.45, 2.75) is 89.3 Å². The molecule has 0 saturated carbocycles. The van der Waals surface area contributed by atoms with E-state index in [1.54, 1.807) is 0 Å². The number of aliphatic hydroxyl groups excluding tert-OH is 2. The van der Waals surface area contributed by atoms with Crippen molar-refractivity contribution < 1.29 is 24.5 Å². The molecule has 0 aromatic heterocycles. The van der Waals surface area contributed by atoms with E-state index in [0.717, 1.165) is 51.4 Å². The van der Waals surface area contributed by atoms with Gasteiger partial charge in [0.2, 0.25) is 5.91 Å². The zero-order valence-electron chi connectivity index (χ0n) is 17.1. The van der Waals surface area contributed by atoms with Gasteiger partial charge in [-0.2, -0.15) is 0 Å². The molecule has 3 fully saturated rings. The minimum Gasteiger partial charge on any atom is -0.395 e. The van der Waals surface area contributed by atoms with E-state index in [4.69, 9.17) is 14.6 Å². The smallest absolute Gasteiger partial charge is 0.220 e. The molecule has 3 N–H and O–H groups in total. The summed E-state index contributed by atoms with van der Waals surface area (Å²) in [6, 6.07) is 0. The van der Waals surface area contributed by atoms with Gasteiger partial charge in [-0.05, 0) is 25.7 Å². The number of ether oxygens (including phenoxy) is 2. The molecule has 0 spiro atoms. The fourth-order valence-electron chi connectivity index (χ4n) is 3.67. The normalized spacial score (nSPS) is 27.8. The predicted octanol–water partition coefficient (Wildman–Crippen LogP) is 2.84. The number of nitrogens with one attached hydrogen (secondary N) is 1. The quantitative estimate of drug-likeness (QED) is 0.311. The average Bonchev–Trinajstić information content (AvgIpc) is 2.67. The van der Waals surface area contributed by atoms with E-state index in [-0.39, 0.29) is 36.9 Å². The molecule has 3 aliphatic heterocycles. The van der Waals surface area contributed by atoms with E-state index in [1.165, 1.54) is 0 Å². The largest absolute Gasteiger partial charge is 0.395 e. The Hall–Kier alpha value is -1.21. The molecule has 0 unspecified atom stereocenters. The highest BCUT2D eigenvalue weighted by atomic mass is 16.7. The summed E-state index contributed by atoms with van der Waals surface area (Å²) in [4.78, 5) is 11.5. The first-order valence-corrected chi connectivity index (χ1v) is 10.8. The summed E-state index contributed by atoms with van der Waals surface area (Å²) in [6.45, 7) is 2.46. The highest BCUT2D eigenvalue weighted by Gasteiger charge is 2.46. The van der Waals surface area contributed by atoms with Gasteiger partial charge in [0.1, 0.15) is 0 Å². The van der Waals surface area contributed by atoms with E-state index < -0.39 is 6.10 Å². The van der Waals surface area contributed by atoms with Gasteiger partial charge in [0, 0.05) is 25.3 Å². The van der Waals surface area contributed by atoms with Crippen LogP contribution < -0.4 is 5.32 Å². The molecular formula is C22H37NO5. The number of fused-ring (bicyclic) bond motifs is 2. The van der Waals surface area contributed by atoms with Crippen LogP contribution >= 0.6 is 0 Å². The molecule has 5 atom stereocenters. The molecule has 160 valence electrons. The predicted molar refractivity (Wildman–Crippen MR) is 109 cm³/mol. The lowest BCUT2D eigenvalue weighted by Crippen LogP contribution is -2.55. The minimum absolute atomic E-state index is 0.00719. The van der Waals surface area contributed by atoms with Gasteiger partial charge in [0.15, 0.2) is 6.29 Å². The molecule has 0 aliphatic carbocycles. The maximum Gasteiger partial charge on any atom is 0.220 e. The van der Waals surface area contributed by atoms with Gasteiger partial charge in [-0.3, -0.25) is 4.79 Å². The van der Waals surface area contributed by atoms with Gasteiger partial charge >= 0.3 is 0 Å². The first-order chi connectivity index (χ1) is 13.6. The van der Waals surface area contributed by atoms with Crippen LogP contribution in [0.15, 0.2) is 24.3 Å². The van der Waals surface area contributed by atoms with E-state index in [2.05, 4.69) is 24.4 Å². The van der Waals surface area contributed by atoms with Gasteiger partial charge in [-0.25, -0.2) is 0 Å². The first-order valence-electron chi connectivity index (χ1n) is 10.8. The van der Waals surface area contributed by atoms with Crippen molar-refractivity contribution in [1.29, 1.82) is 0 Å². The Bertz CT molecular complexity index is 501. The summed E-state index contributed by atoms with van der Waals surface area (Å²) in [7, 11) is 0. The van der Waals surface area contributed by atoms with E-state index in [0.29, 0.717) is 13.0 Å². The number of hydrogen-bond acceptors (Lipinski definition) is 5. The van der Waals surface area contributed by atoms with Crippen molar-refractivity contribution in [3.63, 3.8) is 0 Å². The Morgan fingerprint density at radius 3 is 2.82 bits per heavy atom. The Morgan fingerprint density at radius 2 is 2.07 bits per heavy atom. The van der Waals surface area contributed by atoms with Crippen LogP contribution in [-0.2, 0) is 14.3 Å². The van der Waals surface area contributed by atoms with Crippen LogP contribution in [-0.4, -0.2) is 53.9 Å². The second-order valence-corrected chi connectivity index (χ2v) is 7.73. The van der Waals surface area contributed by atoms with Crippen LogP contribution in [0, 0.1) is 5.92 Å². The van der Waals surface area contributed by atoms with Crippen molar-refractivity contribution in [1.82, 2.24) is 5.32 Å². The molecule has 3 saturated heterocycles. The molecule has 6 heteroatoms. The van der Waals surface area contributed by atoms with Gasteiger partial charge in [0.05, 0.1) is 24.9 Å². The Balaban J connectivity index is 1.70. The zero-order valence-corrected chi connectivity index (χ0v) is 17.1. The topological polar surface area (TPSA) is 88.0 Å². The number of unbranched alkanes of at least 4 members (excludes halogenated alkanes) is 3. The zero-order chi connectivity index (χ0) is 20.2. The van der Waals surface area contributed by atoms with Crippen LogP contribution in [0.5, 0.6) is 0 Å². The maximum absolute atomic E-state index is 11.5. The van der Waals surface area contributed by atoms with Crippen molar-refractivity contribution in [2.24, 2.45) is 5.92 Å². The molecule has 0 aromatic carbocycles. The summed E-state index contributed by atoms with van der Waals surface area (Å²) in [6.07, 6.45) is 16.0. The second kappa shape index (κ2) is 13.1. The first kappa shape index (κ1) is 23.1. The van der Waals surface area contributed by atoms with Crippen molar-refractivity contribution >= 4 is 5.91 Å². The third-order valence-corrected chi connectivity index (χ3v) is 5.37.